The van der Waals surface area contributed by atoms with Gasteiger partial charge in [0.25, 0.3) is 0 Å². The number of rotatable bonds is 2. The van der Waals surface area contributed by atoms with Crippen LogP contribution in [-0.4, -0.2) is 65.4 Å². The van der Waals surface area contributed by atoms with E-state index >= 15 is 0 Å². The van der Waals surface area contributed by atoms with Gasteiger partial charge in [-0.3, -0.25) is 5.10 Å². The molecule has 0 aliphatic carbocycles. The predicted octanol–water partition coefficient (Wildman–Crippen LogP) is 3.11. The number of hydrogen-bond donors (Lipinski definition) is 1. The predicted molar refractivity (Wildman–Crippen MR) is 96.6 cm³/mol. The third kappa shape index (κ3) is 3.28. The van der Waals surface area contributed by atoms with E-state index in [-0.39, 0.29) is 11.9 Å². The summed E-state index contributed by atoms with van der Waals surface area (Å²) in [7, 11) is 1.44. The van der Waals surface area contributed by atoms with Gasteiger partial charge in [-0.05, 0) is 50.9 Å². The molecule has 1 aromatic heterocycles. The minimum atomic E-state index is -0.247. The molecule has 140 valence electrons. The lowest BCUT2D eigenvalue weighted by atomic mass is 9.90. The highest BCUT2D eigenvalue weighted by Gasteiger charge is 2.31. The molecule has 1 aromatic carbocycles. The number of aromatic nitrogens is 2. The number of aromatic amines is 1. The molecule has 1 N–H and O–H groups in total. The molecule has 0 radical (unpaired) electrons. The molecule has 2 aliphatic heterocycles. The maximum Gasteiger partial charge on any atom is 0.409 e. The highest BCUT2D eigenvalue weighted by atomic mass is 19.1. The fourth-order valence-corrected chi connectivity index (χ4v) is 4.41. The Morgan fingerprint density at radius 1 is 1.19 bits per heavy atom. The number of nitrogens with zero attached hydrogens (tertiary/aromatic N) is 3. The number of halogens is 1. The number of benzene rings is 1. The van der Waals surface area contributed by atoms with Crippen molar-refractivity contribution in [3.63, 3.8) is 0 Å². The average molecular weight is 360 g/mol. The summed E-state index contributed by atoms with van der Waals surface area (Å²) in [6.45, 7) is 3.65. The van der Waals surface area contributed by atoms with Crippen LogP contribution in [0, 0.1) is 5.82 Å². The number of methoxy groups -OCH3 is 1. The summed E-state index contributed by atoms with van der Waals surface area (Å²) in [5.74, 6) is 0.195. The maximum atomic E-state index is 13.4. The number of hydrogen-bond acceptors (Lipinski definition) is 4. The van der Waals surface area contributed by atoms with Gasteiger partial charge in [0.05, 0.1) is 12.6 Å². The molecule has 2 fully saturated rings. The molecule has 4 rings (SSSR count). The second kappa shape index (κ2) is 7.23. The van der Waals surface area contributed by atoms with Crippen molar-refractivity contribution in [1.82, 2.24) is 20.0 Å². The van der Waals surface area contributed by atoms with Crippen LogP contribution in [0.25, 0.3) is 10.9 Å². The van der Waals surface area contributed by atoms with Crippen LogP contribution in [0.3, 0.4) is 0 Å². The first-order valence-electron chi connectivity index (χ1n) is 9.36. The van der Waals surface area contributed by atoms with Crippen LogP contribution in [-0.2, 0) is 4.74 Å². The smallest absolute Gasteiger partial charge is 0.409 e. The molecule has 7 heteroatoms. The van der Waals surface area contributed by atoms with E-state index in [1.165, 1.54) is 19.2 Å². The number of fused-ring (bicyclic) bond motifs is 1. The minimum absolute atomic E-state index is 0.218. The third-order valence-electron chi connectivity index (χ3n) is 5.90. The fraction of sp³-hybridized carbons (Fsp3) is 0.579. The van der Waals surface area contributed by atoms with Crippen LogP contribution < -0.4 is 0 Å². The number of amides is 1. The number of ether oxygens (including phenoxy) is 1. The van der Waals surface area contributed by atoms with Crippen molar-refractivity contribution < 1.29 is 13.9 Å². The number of piperidine rings is 2. The average Bonchev–Trinajstić information content (AvgIpc) is 3.10. The molecule has 26 heavy (non-hydrogen) atoms. The van der Waals surface area contributed by atoms with E-state index in [0.29, 0.717) is 17.5 Å². The lowest BCUT2D eigenvalue weighted by Gasteiger charge is -2.41. The van der Waals surface area contributed by atoms with Crippen LogP contribution in [0.4, 0.5) is 9.18 Å². The van der Waals surface area contributed by atoms with Crippen molar-refractivity contribution in [2.45, 2.75) is 37.6 Å². The molecular weight excluding hydrogens is 335 g/mol. The molecule has 0 saturated carbocycles. The summed E-state index contributed by atoms with van der Waals surface area (Å²) in [6, 6.07) is 5.37. The molecule has 0 spiro atoms. The van der Waals surface area contributed by atoms with Gasteiger partial charge in [0, 0.05) is 42.2 Å². The maximum absolute atomic E-state index is 13.4. The van der Waals surface area contributed by atoms with E-state index < -0.39 is 0 Å². The van der Waals surface area contributed by atoms with Crippen molar-refractivity contribution in [2.24, 2.45) is 0 Å². The number of carbonyl (C=O) groups is 1. The van der Waals surface area contributed by atoms with E-state index in [9.17, 15) is 9.18 Å². The van der Waals surface area contributed by atoms with Crippen molar-refractivity contribution in [2.75, 3.05) is 33.3 Å². The molecule has 2 aromatic rings. The zero-order valence-electron chi connectivity index (χ0n) is 15.1. The van der Waals surface area contributed by atoms with Gasteiger partial charge in [0.15, 0.2) is 0 Å². The van der Waals surface area contributed by atoms with E-state index in [1.54, 1.807) is 4.90 Å². The Labute approximate surface area is 152 Å². The largest absolute Gasteiger partial charge is 0.453 e. The summed E-state index contributed by atoms with van der Waals surface area (Å²) in [5, 5.41) is 8.44. The van der Waals surface area contributed by atoms with E-state index in [0.717, 1.165) is 62.9 Å². The highest BCUT2D eigenvalue weighted by Crippen LogP contribution is 2.33. The van der Waals surface area contributed by atoms with Crippen LogP contribution >= 0.6 is 0 Å². The van der Waals surface area contributed by atoms with Crippen LogP contribution in [0.5, 0.6) is 0 Å². The summed E-state index contributed by atoms with van der Waals surface area (Å²) >= 11 is 0. The normalized spacial score (nSPS) is 20.6. The molecule has 0 unspecified atom stereocenters. The number of likely N-dealkylation sites (tertiary alicyclic amines) is 2. The lowest BCUT2D eigenvalue weighted by Crippen LogP contribution is -2.48. The Balaban J connectivity index is 1.35. The van der Waals surface area contributed by atoms with Gasteiger partial charge < -0.3 is 14.5 Å². The zero-order valence-corrected chi connectivity index (χ0v) is 15.1. The molecule has 0 atom stereocenters. The Bertz CT molecular complexity index is 777. The Kier molecular flexibility index (Phi) is 4.80. The van der Waals surface area contributed by atoms with Gasteiger partial charge in [0.1, 0.15) is 5.82 Å². The monoisotopic (exact) mass is 360 g/mol. The topological polar surface area (TPSA) is 61.5 Å². The molecule has 2 aliphatic rings. The van der Waals surface area contributed by atoms with Gasteiger partial charge in [0.2, 0.25) is 0 Å². The van der Waals surface area contributed by atoms with Crippen LogP contribution in [0.1, 0.15) is 37.3 Å². The van der Waals surface area contributed by atoms with E-state index in [4.69, 9.17) is 4.74 Å². The summed E-state index contributed by atoms with van der Waals surface area (Å²) in [6.07, 6.45) is 3.94. The lowest BCUT2D eigenvalue weighted by molar-refractivity contribution is 0.0732. The van der Waals surface area contributed by atoms with Gasteiger partial charge in [-0.1, -0.05) is 0 Å². The molecule has 0 bridgehead atoms. The molecular formula is C19H25FN4O2. The fourth-order valence-electron chi connectivity index (χ4n) is 4.41. The minimum Gasteiger partial charge on any atom is -0.453 e. The van der Waals surface area contributed by atoms with E-state index in [2.05, 4.69) is 15.1 Å². The quantitative estimate of drug-likeness (QED) is 0.894. The Morgan fingerprint density at radius 3 is 2.62 bits per heavy atom. The van der Waals surface area contributed by atoms with Crippen molar-refractivity contribution in [3.05, 3.63) is 29.7 Å². The van der Waals surface area contributed by atoms with E-state index in [1.807, 2.05) is 6.07 Å². The number of carbonyl (C=O) groups excluding carboxylic acids is 1. The Hall–Kier alpha value is -2.15. The summed E-state index contributed by atoms with van der Waals surface area (Å²) in [4.78, 5) is 16.0. The molecule has 2 saturated heterocycles. The van der Waals surface area contributed by atoms with Crippen molar-refractivity contribution >= 4 is 17.0 Å². The SMILES string of the molecule is COC(=O)N1CCC(N2CCC(c3[nH]nc4cc(F)ccc34)CC2)CC1. The standard InChI is InChI=1S/C19H25FN4O2/c1-26-19(25)24-10-6-15(7-11-24)23-8-4-13(5-9-23)18-16-3-2-14(20)12-17(16)21-22-18/h2-3,12-13,15H,4-11H2,1H3,(H,21,22). The highest BCUT2D eigenvalue weighted by molar-refractivity contribution is 5.81. The zero-order chi connectivity index (χ0) is 18.1. The van der Waals surface area contributed by atoms with Crippen LogP contribution in [0.2, 0.25) is 0 Å². The first-order valence-corrected chi connectivity index (χ1v) is 9.36. The van der Waals surface area contributed by atoms with Crippen LogP contribution in [0.15, 0.2) is 18.2 Å². The first-order chi connectivity index (χ1) is 12.7. The van der Waals surface area contributed by atoms with Crippen molar-refractivity contribution in [1.29, 1.82) is 0 Å². The molecule has 6 nitrogen and oxygen atoms in total. The summed E-state index contributed by atoms with van der Waals surface area (Å²) < 4.78 is 18.2. The molecule has 1 amide bonds. The second-order valence-corrected chi connectivity index (χ2v) is 7.30. The molecule has 3 heterocycles. The van der Waals surface area contributed by atoms with Gasteiger partial charge in [-0.2, -0.15) is 5.10 Å². The number of H-pyrrole nitrogens is 1. The Morgan fingerprint density at radius 2 is 1.92 bits per heavy atom. The summed E-state index contributed by atoms with van der Waals surface area (Å²) in [5.41, 5.74) is 1.85. The van der Waals surface area contributed by atoms with Crippen molar-refractivity contribution in [3.8, 4) is 0 Å². The first kappa shape index (κ1) is 17.3. The van der Waals surface area contributed by atoms with Gasteiger partial charge in [-0.25, -0.2) is 9.18 Å². The third-order valence-corrected chi connectivity index (χ3v) is 5.90. The number of nitrogens with one attached hydrogen (secondary N) is 1. The van der Waals surface area contributed by atoms with Gasteiger partial charge >= 0.3 is 6.09 Å². The van der Waals surface area contributed by atoms with Gasteiger partial charge in [-0.15, -0.1) is 0 Å². The second-order valence-electron chi connectivity index (χ2n) is 7.30.